The van der Waals surface area contributed by atoms with Crippen LogP contribution in [0.5, 0.6) is 0 Å². The van der Waals surface area contributed by atoms with Crippen LogP contribution >= 0.6 is 27.5 Å². The molecule has 0 aliphatic heterocycles. The first-order chi connectivity index (χ1) is 7.61. The van der Waals surface area contributed by atoms with Gasteiger partial charge in [0.15, 0.2) is 0 Å². The van der Waals surface area contributed by atoms with Crippen molar-refractivity contribution in [2.75, 3.05) is 10.6 Å². The molecule has 1 aromatic rings. The predicted molar refractivity (Wildman–Crippen MR) is 67.7 cm³/mol. The minimum Gasteiger partial charge on any atom is -0.326 e. The van der Waals surface area contributed by atoms with E-state index in [4.69, 9.17) is 11.6 Å². The van der Waals surface area contributed by atoms with Gasteiger partial charge in [-0.05, 0) is 31.0 Å². The third kappa shape index (κ3) is 4.94. The van der Waals surface area contributed by atoms with Crippen molar-refractivity contribution in [2.45, 2.75) is 19.3 Å². The lowest BCUT2D eigenvalue weighted by molar-refractivity contribution is -0.116. The van der Waals surface area contributed by atoms with Crippen molar-refractivity contribution in [2.24, 2.45) is 0 Å². The van der Waals surface area contributed by atoms with Gasteiger partial charge in [0.1, 0.15) is 5.82 Å². The van der Waals surface area contributed by atoms with Crippen molar-refractivity contribution in [3.05, 3.63) is 29.0 Å². The lowest BCUT2D eigenvalue weighted by atomic mass is 10.2. The topological polar surface area (TPSA) is 29.1 Å². The number of anilines is 1. The van der Waals surface area contributed by atoms with Crippen molar-refractivity contribution in [1.29, 1.82) is 0 Å². The van der Waals surface area contributed by atoms with E-state index in [9.17, 15) is 9.18 Å². The number of rotatable bonds is 5. The minimum atomic E-state index is -0.455. The Kier molecular flexibility index (Phi) is 5.77. The number of carbonyl (C=O) groups excluding carboxylic acids is 1. The van der Waals surface area contributed by atoms with Crippen LogP contribution in [0.15, 0.2) is 18.2 Å². The molecular weight excluding hydrogens is 296 g/mol. The monoisotopic (exact) mass is 307 g/mol. The Hall–Kier alpha value is -0.610. The van der Waals surface area contributed by atoms with Gasteiger partial charge in [-0.2, -0.15) is 0 Å². The van der Waals surface area contributed by atoms with E-state index < -0.39 is 5.82 Å². The van der Waals surface area contributed by atoms with Gasteiger partial charge >= 0.3 is 0 Å². The van der Waals surface area contributed by atoms with Crippen LogP contribution in [0.1, 0.15) is 19.3 Å². The molecule has 16 heavy (non-hydrogen) atoms. The molecule has 0 heterocycles. The van der Waals surface area contributed by atoms with E-state index in [-0.39, 0.29) is 10.9 Å². The molecule has 2 nitrogen and oxygen atoms in total. The third-order valence-electron chi connectivity index (χ3n) is 1.93. The molecule has 0 aliphatic carbocycles. The predicted octanol–water partition coefficient (Wildman–Crippen LogP) is 3.98. The number of amides is 1. The lowest BCUT2D eigenvalue weighted by Gasteiger charge is -2.05. The zero-order valence-electron chi connectivity index (χ0n) is 8.60. The molecule has 1 aromatic carbocycles. The Morgan fingerprint density at radius 2 is 2.12 bits per heavy atom. The lowest BCUT2D eigenvalue weighted by Crippen LogP contribution is -2.11. The second-order valence-corrected chi connectivity index (χ2v) is 4.58. The van der Waals surface area contributed by atoms with Crippen molar-refractivity contribution >= 4 is 39.1 Å². The molecule has 0 aliphatic rings. The van der Waals surface area contributed by atoms with E-state index in [0.29, 0.717) is 12.1 Å². The molecule has 0 saturated carbocycles. The highest BCUT2D eigenvalue weighted by molar-refractivity contribution is 9.09. The standard InChI is InChI=1S/C11H12BrClFNO/c12-4-2-1-3-11(16)15-10-6-8(13)5-9(14)7-10/h5-7H,1-4H2,(H,15,16). The van der Waals surface area contributed by atoms with Crippen LogP contribution in [0.4, 0.5) is 10.1 Å². The third-order valence-corrected chi connectivity index (χ3v) is 2.71. The van der Waals surface area contributed by atoms with E-state index in [1.165, 1.54) is 18.2 Å². The van der Waals surface area contributed by atoms with Crippen LogP contribution in [0.2, 0.25) is 5.02 Å². The molecule has 0 spiro atoms. The summed E-state index contributed by atoms with van der Waals surface area (Å²) in [5, 5.41) is 3.76. The van der Waals surface area contributed by atoms with Crippen LogP contribution in [-0.2, 0) is 4.79 Å². The number of nitrogens with one attached hydrogen (secondary N) is 1. The summed E-state index contributed by atoms with van der Waals surface area (Å²) in [5.74, 6) is -0.578. The van der Waals surface area contributed by atoms with Crippen LogP contribution in [0, 0.1) is 5.82 Å². The van der Waals surface area contributed by atoms with Gasteiger partial charge in [0, 0.05) is 22.5 Å². The Morgan fingerprint density at radius 3 is 2.75 bits per heavy atom. The SMILES string of the molecule is O=C(CCCCBr)Nc1cc(F)cc(Cl)c1. The molecule has 0 fully saturated rings. The summed E-state index contributed by atoms with van der Waals surface area (Å²) in [6.07, 6.45) is 2.18. The van der Waals surface area contributed by atoms with Gasteiger partial charge in [-0.25, -0.2) is 4.39 Å². The largest absolute Gasteiger partial charge is 0.326 e. The van der Waals surface area contributed by atoms with Gasteiger partial charge in [0.25, 0.3) is 0 Å². The quantitative estimate of drug-likeness (QED) is 0.647. The summed E-state index contributed by atoms with van der Waals surface area (Å²) >= 11 is 8.95. The maximum absolute atomic E-state index is 12.9. The first-order valence-electron chi connectivity index (χ1n) is 4.93. The highest BCUT2D eigenvalue weighted by Crippen LogP contribution is 2.18. The number of benzene rings is 1. The summed E-state index contributed by atoms with van der Waals surface area (Å²) in [6, 6.07) is 3.96. The molecule has 88 valence electrons. The van der Waals surface area contributed by atoms with Gasteiger partial charge in [0.2, 0.25) is 5.91 Å². The van der Waals surface area contributed by atoms with Gasteiger partial charge in [-0.15, -0.1) is 0 Å². The van der Waals surface area contributed by atoms with Crippen molar-refractivity contribution in [3.8, 4) is 0 Å². The Balaban J connectivity index is 2.49. The number of hydrogen-bond acceptors (Lipinski definition) is 1. The van der Waals surface area contributed by atoms with E-state index in [0.717, 1.165) is 18.2 Å². The number of unbranched alkanes of at least 4 members (excludes halogenated alkanes) is 1. The molecule has 1 amide bonds. The van der Waals surface area contributed by atoms with E-state index in [2.05, 4.69) is 21.2 Å². The molecule has 5 heteroatoms. The normalized spacial score (nSPS) is 10.2. The molecule has 0 bridgehead atoms. The Bertz CT molecular complexity index is 353. The van der Waals surface area contributed by atoms with Gasteiger partial charge in [-0.1, -0.05) is 27.5 Å². The van der Waals surface area contributed by atoms with Crippen LogP contribution in [-0.4, -0.2) is 11.2 Å². The molecular formula is C11H12BrClFNO. The molecule has 0 aromatic heterocycles. The molecule has 1 rings (SSSR count). The first-order valence-corrected chi connectivity index (χ1v) is 6.43. The molecule has 0 saturated heterocycles. The fourth-order valence-corrected chi connectivity index (χ4v) is 1.85. The fraction of sp³-hybridized carbons (Fsp3) is 0.364. The number of halogens is 3. The van der Waals surface area contributed by atoms with Crippen molar-refractivity contribution < 1.29 is 9.18 Å². The Labute approximate surface area is 107 Å². The molecule has 0 unspecified atom stereocenters. The van der Waals surface area contributed by atoms with E-state index in [1.807, 2.05) is 0 Å². The fourth-order valence-electron chi connectivity index (χ4n) is 1.23. The minimum absolute atomic E-state index is 0.123. The highest BCUT2D eigenvalue weighted by atomic mass is 79.9. The number of hydrogen-bond donors (Lipinski definition) is 1. The summed E-state index contributed by atoms with van der Waals surface area (Å²) in [7, 11) is 0. The molecule has 0 atom stereocenters. The summed E-state index contributed by atoms with van der Waals surface area (Å²) in [6.45, 7) is 0. The molecule has 1 N–H and O–H groups in total. The second-order valence-electron chi connectivity index (χ2n) is 3.35. The highest BCUT2D eigenvalue weighted by Gasteiger charge is 2.04. The summed E-state index contributed by atoms with van der Waals surface area (Å²) < 4.78 is 12.9. The zero-order chi connectivity index (χ0) is 12.0. The maximum Gasteiger partial charge on any atom is 0.224 e. The first kappa shape index (κ1) is 13.5. The average Bonchev–Trinajstić information content (AvgIpc) is 2.16. The average molecular weight is 309 g/mol. The van der Waals surface area contributed by atoms with Gasteiger partial charge in [0.05, 0.1) is 0 Å². The van der Waals surface area contributed by atoms with Crippen molar-refractivity contribution in [1.82, 2.24) is 0 Å². The number of carbonyl (C=O) groups is 1. The number of alkyl halides is 1. The van der Waals surface area contributed by atoms with Crippen LogP contribution in [0.25, 0.3) is 0 Å². The van der Waals surface area contributed by atoms with E-state index in [1.54, 1.807) is 0 Å². The molecule has 0 radical (unpaired) electrons. The second kappa shape index (κ2) is 6.86. The van der Waals surface area contributed by atoms with Crippen LogP contribution in [0.3, 0.4) is 0 Å². The smallest absolute Gasteiger partial charge is 0.224 e. The Morgan fingerprint density at radius 1 is 1.38 bits per heavy atom. The summed E-state index contributed by atoms with van der Waals surface area (Å²) in [5.41, 5.74) is 0.397. The van der Waals surface area contributed by atoms with Gasteiger partial charge < -0.3 is 5.32 Å². The van der Waals surface area contributed by atoms with Crippen LogP contribution < -0.4 is 5.32 Å². The van der Waals surface area contributed by atoms with E-state index >= 15 is 0 Å². The van der Waals surface area contributed by atoms with Crippen molar-refractivity contribution in [3.63, 3.8) is 0 Å². The summed E-state index contributed by atoms with van der Waals surface area (Å²) in [4.78, 5) is 11.4. The zero-order valence-corrected chi connectivity index (χ0v) is 10.9. The maximum atomic E-state index is 12.9. The van der Waals surface area contributed by atoms with Gasteiger partial charge in [-0.3, -0.25) is 4.79 Å².